The van der Waals surface area contributed by atoms with Gasteiger partial charge in [-0.3, -0.25) is 4.79 Å². The zero-order valence-electron chi connectivity index (χ0n) is 8.45. The van der Waals surface area contributed by atoms with E-state index in [0.717, 1.165) is 25.1 Å². The van der Waals surface area contributed by atoms with Crippen LogP contribution in [0.3, 0.4) is 0 Å². The summed E-state index contributed by atoms with van der Waals surface area (Å²) in [6.45, 7) is 4.72. The van der Waals surface area contributed by atoms with Crippen LogP contribution in [0, 0.1) is 6.92 Å². The predicted molar refractivity (Wildman–Crippen MR) is 59.3 cm³/mol. The summed E-state index contributed by atoms with van der Waals surface area (Å²) in [6, 6.07) is 1.44. The van der Waals surface area contributed by atoms with E-state index >= 15 is 0 Å². The minimum Gasteiger partial charge on any atom is -0.502 e. The van der Waals surface area contributed by atoms with Crippen molar-refractivity contribution in [2.45, 2.75) is 38.3 Å². The molecule has 0 aliphatic carbocycles. The van der Waals surface area contributed by atoms with Gasteiger partial charge in [0.15, 0.2) is 5.75 Å². The molecule has 0 amide bonds. The fourth-order valence-corrected chi connectivity index (χ4v) is 1.71. The number of aromatic nitrogens is 1. The minimum atomic E-state index is -0.361. The van der Waals surface area contributed by atoms with Gasteiger partial charge >= 0.3 is 0 Å². The second-order valence-electron chi connectivity index (χ2n) is 3.33. The van der Waals surface area contributed by atoms with Gasteiger partial charge in [0.05, 0.1) is 0 Å². The second-order valence-corrected chi connectivity index (χ2v) is 3.75. The monoisotopic (exact) mass is 213 g/mol. The Morgan fingerprint density at radius 2 is 2.21 bits per heavy atom. The van der Waals surface area contributed by atoms with Crippen LogP contribution in [0.5, 0.6) is 5.75 Å². The lowest BCUT2D eigenvalue weighted by atomic mass is 10.3. The summed E-state index contributed by atoms with van der Waals surface area (Å²) in [4.78, 5) is 11.2. The highest BCUT2D eigenvalue weighted by Crippen LogP contribution is 2.18. The van der Waals surface area contributed by atoms with Gasteiger partial charge in [0.2, 0.25) is 5.43 Å². The van der Waals surface area contributed by atoms with E-state index in [0.29, 0.717) is 5.03 Å². The van der Waals surface area contributed by atoms with Crippen molar-refractivity contribution < 1.29 is 5.11 Å². The van der Waals surface area contributed by atoms with E-state index in [-0.39, 0.29) is 11.2 Å². The molecule has 0 atom stereocenters. The van der Waals surface area contributed by atoms with E-state index in [1.807, 2.05) is 11.5 Å². The molecule has 0 spiro atoms. The van der Waals surface area contributed by atoms with Crippen molar-refractivity contribution in [3.63, 3.8) is 0 Å². The van der Waals surface area contributed by atoms with Crippen molar-refractivity contribution >= 4 is 12.6 Å². The van der Waals surface area contributed by atoms with Crippen LogP contribution in [0.15, 0.2) is 15.9 Å². The Morgan fingerprint density at radius 1 is 1.57 bits per heavy atom. The quantitative estimate of drug-likeness (QED) is 0.754. The Kier molecular flexibility index (Phi) is 3.63. The molecule has 1 N–H and O–H groups in total. The topological polar surface area (TPSA) is 42.2 Å². The number of nitrogens with zero attached hydrogens (tertiary/aromatic N) is 1. The van der Waals surface area contributed by atoms with E-state index in [9.17, 15) is 9.90 Å². The highest BCUT2D eigenvalue weighted by molar-refractivity contribution is 7.80. The van der Waals surface area contributed by atoms with Crippen molar-refractivity contribution in [3.05, 3.63) is 22.0 Å². The van der Waals surface area contributed by atoms with E-state index in [2.05, 4.69) is 19.6 Å². The van der Waals surface area contributed by atoms with Crippen LogP contribution in [0.1, 0.15) is 25.5 Å². The summed E-state index contributed by atoms with van der Waals surface area (Å²) in [7, 11) is 0. The summed E-state index contributed by atoms with van der Waals surface area (Å²) < 4.78 is 1.85. The number of pyridine rings is 1. The van der Waals surface area contributed by atoms with Crippen LogP contribution < -0.4 is 5.43 Å². The van der Waals surface area contributed by atoms with E-state index in [4.69, 9.17) is 0 Å². The van der Waals surface area contributed by atoms with Crippen molar-refractivity contribution in [3.8, 4) is 5.75 Å². The lowest BCUT2D eigenvalue weighted by Gasteiger charge is -2.13. The predicted octanol–water partition coefficient (Wildman–Crippen LogP) is 1.95. The van der Waals surface area contributed by atoms with Crippen molar-refractivity contribution in [2.24, 2.45) is 0 Å². The van der Waals surface area contributed by atoms with Crippen LogP contribution in [-0.4, -0.2) is 9.67 Å². The molecule has 4 heteroatoms. The van der Waals surface area contributed by atoms with Gasteiger partial charge < -0.3 is 9.67 Å². The highest BCUT2D eigenvalue weighted by Gasteiger charge is 2.08. The standard InChI is InChI=1S/C10H15NO2S/c1-3-4-5-11-7(2)6-8(12)9(13)10(11)14/h6,13-14H,3-5H2,1-2H3. The maximum atomic E-state index is 11.2. The molecule has 0 bridgehead atoms. The van der Waals surface area contributed by atoms with Gasteiger partial charge in [0.1, 0.15) is 5.03 Å². The van der Waals surface area contributed by atoms with Crippen LogP contribution in [-0.2, 0) is 6.54 Å². The molecule has 3 nitrogen and oxygen atoms in total. The SMILES string of the molecule is CCCCn1c(C)cc(=O)c(O)c1S. The Labute approximate surface area is 88.8 Å². The number of aromatic hydroxyl groups is 1. The third-order valence-electron chi connectivity index (χ3n) is 2.20. The van der Waals surface area contributed by atoms with Gasteiger partial charge in [-0.1, -0.05) is 13.3 Å². The number of thiol groups is 1. The molecule has 0 aromatic carbocycles. The van der Waals surface area contributed by atoms with Gasteiger partial charge in [0.25, 0.3) is 0 Å². The van der Waals surface area contributed by atoms with Crippen LogP contribution in [0.25, 0.3) is 0 Å². The Morgan fingerprint density at radius 3 is 2.79 bits per heavy atom. The maximum Gasteiger partial charge on any atom is 0.224 e. The summed E-state index contributed by atoms with van der Waals surface area (Å²) in [5.74, 6) is -0.255. The summed E-state index contributed by atoms with van der Waals surface area (Å²) in [5, 5.41) is 9.77. The van der Waals surface area contributed by atoms with Crippen LogP contribution in [0.2, 0.25) is 0 Å². The van der Waals surface area contributed by atoms with Gasteiger partial charge in [-0.25, -0.2) is 0 Å². The molecule has 0 fully saturated rings. The molecule has 0 saturated carbocycles. The molecule has 1 aromatic rings. The van der Waals surface area contributed by atoms with Crippen molar-refractivity contribution in [1.82, 2.24) is 4.57 Å². The largest absolute Gasteiger partial charge is 0.502 e. The molecule has 78 valence electrons. The Bertz CT molecular complexity index is 384. The summed E-state index contributed by atoms with van der Waals surface area (Å²) in [6.07, 6.45) is 2.08. The average molecular weight is 213 g/mol. The molecule has 0 radical (unpaired) electrons. The maximum absolute atomic E-state index is 11.2. The molecule has 0 unspecified atom stereocenters. The molecule has 0 aliphatic heterocycles. The zero-order valence-corrected chi connectivity index (χ0v) is 9.34. The van der Waals surface area contributed by atoms with Crippen molar-refractivity contribution in [1.29, 1.82) is 0 Å². The second kappa shape index (κ2) is 4.55. The van der Waals surface area contributed by atoms with Gasteiger partial charge in [-0.15, -0.1) is 12.6 Å². The summed E-state index contributed by atoms with van der Waals surface area (Å²) >= 11 is 4.14. The van der Waals surface area contributed by atoms with Gasteiger partial charge in [-0.05, 0) is 13.3 Å². The molecule has 0 aliphatic rings. The van der Waals surface area contributed by atoms with Gasteiger partial charge in [-0.2, -0.15) is 0 Å². The fourth-order valence-electron chi connectivity index (χ4n) is 1.34. The third-order valence-corrected chi connectivity index (χ3v) is 2.66. The molecule has 1 aromatic heterocycles. The number of hydrogen-bond donors (Lipinski definition) is 2. The van der Waals surface area contributed by atoms with Gasteiger partial charge in [0, 0.05) is 18.3 Å². The first kappa shape index (κ1) is 11.2. The lowest BCUT2D eigenvalue weighted by Crippen LogP contribution is -2.12. The first-order valence-electron chi connectivity index (χ1n) is 4.70. The zero-order chi connectivity index (χ0) is 10.7. The molecular formula is C10H15NO2S. The normalized spacial score (nSPS) is 10.5. The van der Waals surface area contributed by atoms with Crippen LogP contribution >= 0.6 is 12.6 Å². The van der Waals surface area contributed by atoms with E-state index in [1.54, 1.807) is 0 Å². The molecule has 14 heavy (non-hydrogen) atoms. The number of unbranched alkanes of at least 4 members (excludes halogenated alkanes) is 1. The number of hydrogen-bond acceptors (Lipinski definition) is 3. The smallest absolute Gasteiger partial charge is 0.224 e. The first-order valence-corrected chi connectivity index (χ1v) is 5.15. The Balaban J connectivity index is 3.15. The Hall–Kier alpha value is -0.900. The number of rotatable bonds is 3. The minimum absolute atomic E-state index is 0.255. The first-order chi connectivity index (χ1) is 6.57. The fraction of sp³-hybridized carbons (Fsp3) is 0.500. The highest BCUT2D eigenvalue weighted by atomic mass is 32.1. The third kappa shape index (κ3) is 2.12. The molecule has 0 saturated heterocycles. The summed E-state index contributed by atoms with van der Waals surface area (Å²) in [5.41, 5.74) is 0.478. The lowest BCUT2D eigenvalue weighted by molar-refractivity contribution is 0.431. The van der Waals surface area contributed by atoms with Crippen LogP contribution in [0.4, 0.5) is 0 Å². The average Bonchev–Trinajstić information content (AvgIpc) is 2.14. The van der Waals surface area contributed by atoms with Crippen molar-refractivity contribution in [2.75, 3.05) is 0 Å². The number of aryl methyl sites for hydroxylation is 1. The molecular weight excluding hydrogens is 198 g/mol. The van der Waals surface area contributed by atoms with E-state index < -0.39 is 0 Å². The molecule has 1 heterocycles. The molecule has 1 rings (SSSR count). The van der Waals surface area contributed by atoms with E-state index in [1.165, 1.54) is 6.07 Å².